The van der Waals surface area contributed by atoms with Crippen molar-refractivity contribution in [3.63, 3.8) is 0 Å². The van der Waals surface area contributed by atoms with Gasteiger partial charge in [0.2, 0.25) is 5.91 Å². The summed E-state index contributed by atoms with van der Waals surface area (Å²) in [4.78, 5) is 14.2. The number of amides is 1. The van der Waals surface area contributed by atoms with Crippen molar-refractivity contribution in [1.82, 2.24) is 5.32 Å². The minimum absolute atomic E-state index is 0.0214. The number of nitrogen functional groups attached to an aromatic ring is 1. The predicted molar refractivity (Wildman–Crippen MR) is 175 cm³/mol. The lowest BCUT2D eigenvalue weighted by Crippen LogP contribution is -2.36. The summed E-state index contributed by atoms with van der Waals surface area (Å²) in [6, 6.07) is 41.3. The topological polar surface area (TPSA) is 109 Å². The van der Waals surface area contributed by atoms with E-state index in [-0.39, 0.29) is 17.8 Å². The van der Waals surface area contributed by atoms with Gasteiger partial charge in [0.05, 0.1) is 12.6 Å². The third kappa shape index (κ3) is 7.63. The molecule has 0 spiro atoms. The van der Waals surface area contributed by atoms with Gasteiger partial charge in [0, 0.05) is 11.3 Å². The SMILES string of the molecule is CCOc1cc(C(Nc2ccc(C(=N)N)cc2)C(=O)NC(c2ccccc2)c2ccccc2)ccc1OCc1ccccc1. The number of hydrogen-bond acceptors (Lipinski definition) is 5. The molecule has 222 valence electrons. The zero-order chi connectivity index (χ0) is 30.7. The fraction of sp³-hybridized carbons (Fsp3) is 0.135. The van der Waals surface area contributed by atoms with Crippen LogP contribution in [0.1, 0.15) is 46.8 Å². The summed E-state index contributed by atoms with van der Waals surface area (Å²) in [5, 5.41) is 14.4. The van der Waals surface area contributed by atoms with E-state index < -0.39 is 6.04 Å². The summed E-state index contributed by atoms with van der Waals surface area (Å²) in [5.74, 6) is 0.900. The predicted octanol–water partition coefficient (Wildman–Crippen LogP) is 7.01. The van der Waals surface area contributed by atoms with Gasteiger partial charge in [-0.2, -0.15) is 0 Å². The third-order valence-corrected chi connectivity index (χ3v) is 7.16. The van der Waals surface area contributed by atoms with E-state index >= 15 is 0 Å². The Labute approximate surface area is 258 Å². The monoisotopic (exact) mass is 584 g/mol. The fourth-order valence-electron chi connectivity index (χ4n) is 4.92. The van der Waals surface area contributed by atoms with Gasteiger partial charge in [0.25, 0.3) is 0 Å². The first-order chi connectivity index (χ1) is 21.5. The molecule has 5 aromatic carbocycles. The quantitative estimate of drug-likeness (QED) is 0.0880. The Morgan fingerprint density at radius 1 is 0.727 bits per heavy atom. The number of rotatable bonds is 13. The Balaban J connectivity index is 1.48. The normalized spacial score (nSPS) is 11.4. The number of benzene rings is 5. The van der Waals surface area contributed by atoms with Crippen molar-refractivity contribution in [2.45, 2.75) is 25.6 Å². The van der Waals surface area contributed by atoms with Gasteiger partial charge >= 0.3 is 0 Å². The van der Waals surface area contributed by atoms with Gasteiger partial charge in [-0.1, -0.05) is 97.1 Å². The highest BCUT2D eigenvalue weighted by molar-refractivity contribution is 5.95. The van der Waals surface area contributed by atoms with E-state index in [1.165, 1.54) is 0 Å². The Morgan fingerprint density at radius 3 is 1.89 bits per heavy atom. The maximum absolute atomic E-state index is 14.2. The van der Waals surface area contributed by atoms with Crippen LogP contribution in [0.2, 0.25) is 0 Å². The van der Waals surface area contributed by atoms with Gasteiger partial charge in [-0.15, -0.1) is 0 Å². The molecular formula is C37H36N4O3. The lowest BCUT2D eigenvalue weighted by atomic mass is 9.97. The standard InChI is InChI=1S/C37H36N4O3/c1-2-43-33-24-30(20-23-32(33)44-25-26-12-6-3-7-13-26)35(40-31-21-18-29(19-22-31)36(38)39)37(42)41-34(27-14-8-4-9-15-27)28-16-10-5-11-17-28/h3-24,34-35,40H,2,25H2,1H3,(H3,38,39)(H,41,42). The van der Waals surface area contributed by atoms with Crippen molar-refractivity contribution in [3.8, 4) is 11.5 Å². The highest BCUT2D eigenvalue weighted by Crippen LogP contribution is 2.33. The number of amidine groups is 1. The summed E-state index contributed by atoms with van der Waals surface area (Å²) in [6.07, 6.45) is 0. The van der Waals surface area contributed by atoms with Crippen molar-refractivity contribution in [2.24, 2.45) is 5.73 Å². The maximum atomic E-state index is 14.2. The molecule has 0 heterocycles. The summed E-state index contributed by atoms with van der Waals surface area (Å²) in [5.41, 5.74) is 10.6. The number of nitrogens with two attached hydrogens (primary N) is 1. The lowest BCUT2D eigenvalue weighted by molar-refractivity contribution is -0.122. The third-order valence-electron chi connectivity index (χ3n) is 7.16. The Kier molecular flexibility index (Phi) is 9.90. The van der Waals surface area contributed by atoms with Gasteiger partial charge in [0.1, 0.15) is 18.5 Å². The van der Waals surface area contributed by atoms with Gasteiger partial charge in [0.15, 0.2) is 11.5 Å². The molecule has 0 aromatic heterocycles. The molecule has 1 atom stereocenters. The van der Waals surface area contributed by atoms with Crippen LogP contribution in [0.25, 0.3) is 0 Å². The number of carbonyl (C=O) groups excluding carboxylic acids is 1. The molecule has 1 unspecified atom stereocenters. The Hall–Kier alpha value is -5.56. The minimum Gasteiger partial charge on any atom is -0.490 e. The van der Waals surface area contributed by atoms with Crippen molar-refractivity contribution in [2.75, 3.05) is 11.9 Å². The summed E-state index contributed by atoms with van der Waals surface area (Å²) in [6.45, 7) is 2.74. The molecule has 5 aromatic rings. The molecule has 0 aliphatic rings. The first kappa shape index (κ1) is 29.9. The molecule has 0 bridgehead atoms. The molecule has 0 aliphatic carbocycles. The first-order valence-electron chi connectivity index (χ1n) is 14.6. The van der Waals surface area contributed by atoms with Gasteiger partial charge in [-0.05, 0) is 65.6 Å². The molecule has 0 saturated heterocycles. The maximum Gasteiger partial charge on any atom is 0.247 e. The molecule has 5 N–H and O–H groups in total. The average molecular weight is 585 g/mol. The number of carbonyl (C=O) groups is 1. The largest absolute Gasteiger partial charge is 0.490 e. The summed E-state index contributed by atoms with van der Waals surface area (Å²) in [7, 11) is 0. The molecule has 0 fully saturated rings. The van der Waals surface area contributed by atoms with Crippen LogP contribution in [0.5, 0.6) is 11.5 Å². The lowest BCUT2D eigenvalue weighted by Gasteiger charge is -2.26. The summed E-state index contributed by atoms with van der Waals surface area (Å²) >= 11 is 0. The minimum atomic E-state index is -0.782. The van der Waals surface area contributed by atoms with E-state index in [1.54, 1.807) is 12.1 Å². The van der Waals surface area contributed by atoms with Crippen molar-refractivity contribution >= 4 is 17.4 Å². The number of anilines is 1. The van der Waals surface area contributed by atoms with Gasteiger partial charge in [-0.3, -0.25) is 10.2 Å². The van der Waals surface area contributed by atoms with E-state index in [0.29, 0.717) is 41.5 Å². The molecule has 0 aliphatic heterocycles. The van der Waals surface area contributed by atoms with Crippen LogP contribution in [0.3, 0.4) is 0 Å². The van der Waals surface area contributed by atoms with Crippen molar-refractivity contribution < 1.29 is 14.3 Å². The number of nitrogens with one attached hydrogen (secondary N) is 3. The first-order valence-corrected chi connectivity index (χ1v) is 14.6. The molecule has 7 heteroatoms. The Bertz CT molecular complexity index is 1620. The van der Waals surface area contributed by atoms with Crippen LogP contribution in [0.4, 0.5) is 5.69 Å². The van der Waals surface area contributed by atoms with E-state index in [1.807, 2.05) is 128 Å². The Morgan fingerprint density at radius 2 is 1.32 bits per heavy atom. The molecule has 0 radical (unpaired) electrons. The van der Waals surface area contributed by atoms with Gasteiger partial charge < -0.3 is 25.8 Å². The van der Waals surface area contributed by atoms with E-state index in [2.05, 4.69) is 10.6 Å². The molecule has 7 nitrogen and oxygen atoms in total. The van der Waals surface area contributed by atoms with Crippen molar-refractivity contribution in [3.05, 3.63) is 161 Å². The van der Waals surface area contributed by atoms with Crippen LogP contribution >= 0.6 is 0 Å². The zero-order valence-corrected chi connectivity index (χ0v) is 24.6. The second kappa shape index (κ2) is 14.6. The second-order valence-corrected chi connectivity index (χ2v) is 10.2. The molecule has 5 rings (SSSR count). The molecule has 44 heavy (non-hydrogen) atoms. The molecule has 1 amide bonds. The number of hydrogen-bond donors (Lipinski definition) is 4. The van der Waals surface area contributed by atoms with Crippen LogP contribution in [-0.4, -0.2) is 18.3 Å². The molecular weight excluding hydrogens is 548 g/mol. The van der Waals surface area contributed by atoms with Crippen LogP contribution in [0.15, 0.2) is 133 Å². The average Bonchev–Trinajstić information content (AvgIpc) is 3.07. The summed E-state index contributed by atoms with van der Waals surface area (Å²) < 4.78 is 12.1. The fourth-order valence-corrected chi connectivity index (χ4v) is 4.92. The van der Waals surface area contributed by atoms with Crippen molar-refractivity contribution in [1.29, 1.82) is 5.41 Å². The van der Waals surface area contributed by atoms with Gasteiger partial charge in [-0.25, -0.2) is 0 Å². The highest BCUT2D eigenvalue weighted by Gasteiger charge is 2.26. The van der Waals surface area contributed by atoms with E-state index in [4.69, 9.17) is 20.6 Å². The second-order valence-electron chi connectivity index (χ2n) is 10.2. The molecule has 0 saturated carbocycles. The number of ether oxygens (including phenoxy) is 2. The van der Waals surface area contributed by atoms with E-state index in [9.17, 15) is 4.79 Å². The van der Waals surface area contributed by atoms with Crippen LogP contribution in [0, 0.1) is 5.41 Å². The van der Waals surface area contributed by atoms with Crippen LogP contribution < -0.4 is 25.8 Å². The zero-order valence-electron chi connectivity index (χ0n) is 24.6. The highest BCUT2D eigenvalue weighted by atomic mass is 16.5. The van der Waals surface area contributed by atoms with E-state index in [0.717, 1.165) is 16.7 Å². The van der Waals surface area contributed by atoms with Crippen LogP contribution in [-0.2, 0) is 11.4 Å². The smallest absolute Gasteiger partial charge is 0.247 e.